The van der Waals surface area contributed by atoms with Crippen molar-refractivity contribution in [3.05, 3.63) is 17.5 Å². The van der Waals surface area contributed by atoms with Gasteiger partial charge in [0.2, 0.25) is 0 Å². The fourth-order valence-electron chi connectivity index (χ4n) is 1.10. The highest BCUT2D eigenvalue weighted by molar-refractivity contribution is 5.13. The number of nitrogens with zero attached hydrogens (tertiary/aromatic N) is 1. The van der Waals surface area contributed by atoms with Crippen LogP contribution in [-0.2, 0) is 12.0 Å². The summed E-state index contributed by atoms with van der Waals surface area (Å²) in [6.45, 7) is 13.5. The van der Waals surface area contributed by atoms with E-state index in [1.807, 2.05) is 6.07 Å². The molecule has 1 aromatic heterocycles. The lowest BCUT2D eigenvalue weighted by Crippen LogP contribution is -2.35. The molecule has 0 unspecified atom stereocenters. The normalized spacial score (nSPS) is 13.2. The smallest absolute Gasteiger partial charge is 0.142 e. The highest BCUT2D eigenvalue weighted by Gasteiger charge is 2.20. The van der Waals surface area contributed by atoms with Crippen LogP contribution in [0.2, 0.25) is 0 Å². The second kappa shape index (κ2) is 3.97. The van der Waals surface area contributed by atoms with Crippen LogP contribution >= 0.6 is 0 Å². The van der Waals surface area contributed by atoms with Gasteiger partial charge in [0, 0.05) is 23.6 Å². The predicted octanol–water partition coefficient (Wildman–Crippen LogP) is 2.86. The lowest BCUT2D eigenvalue weighted by molar-refractivity contribution is 0.322. The summed E-state index contributed by atoms with van der Waals surface area (Å²) in [5.74, 6) is 0.938. The molecule has 0 amide bonds. The Hall–Kier alpha value is -0.830. The molecule has 0 radical (unpaired) electrons. The Balaban J connectivity index is 2.62. The molecule has 0 aliphatic rings. The number of nitrogens with one attached hydrogen (secondary N) is 1. The Morgan fingerprint density at radius 2 is 1.80 bits per heavy atom. The quantitative estimate of drug-likeness (QED) is 0.815. The van der Waals surface area contributed by atoms with Gasteiger partial charge in [0.25, 0.3) is 0 Å². The van der Waals surface area contributed by atoms with Gasteiger partial charge in [-0.15, -0.1) is 0 Å². The van der Waals surface area contributed by atoms with Crippen LogP contribution in [0.15, 0.2) is 10.6 Å². The Kier molecular flexibility index (Phi) is 3.24. The first-order valence-electron chi connectivity index (χ1n) is 5.39. The third kappa shape index (κ3) is 4.04. The molecule has 0 aliphatic heterocycles. The van der Waals surface area contributed by atoms with E-state index >= 15 is 0 Å². The van der Waals surface area contributed by atoms with Crippen LogP contribution in [0.25, 0.3) is 0 Å². The van der Waals surface area contributed by atoms with Crippen molar-refractivity contribution in [1.82, 2.24) is 10.5 Å². The van der Waals surface area contributed by atoms with Gasteiger partial charge in [0.15, 0.2) is 0 Å². The van der Waals surface area contributed by atoms with Crippen LogP contribution in [0, 0.1) is 0 Å². The van der Waals surface area contributed by atoms with Crippen molar-refractivity contribution >= 4 is 0 Å². The molecule has 0 aliphatic carbocycles. The highest BCUT2D eigenvalue weighted by atomic mass is 16.5. The van der Waals surface area contributed by atoms with E-state index in [2.05, 4.69) is 52.0 Å². The van der Waals surface area contributed by atoms with E-state index in [0.29, 0.717) is 0 Å². The van der Waals surface area contributed by atoms with Gasteiger partial charge >= 0.3 is 0 Å². The van der Waals surface area contributed by atoms with E-state index in [4.69, 9.17) is 4.52 Å². The van der Waals surface area contributed by atoms with Crippen molar-refractivity contribution in [2.75, 3.05) is 0 Å². The van der Waals surface area contributed by atoms with E-state index in [1.165, 1.54) is 0 Å². The molecule has 0 fully saturated rings. The minimum Gasteiger partial charge on any atom is -0.361 e. The summed E-state index contributed by atoms with van der Waals surface area (Å²) < 4.78 is 5.30. The largest absolute Gasteiger partial charge is 0.361 e. The van der Waals surface area contributed by atoms with Crippen molar-refractivity contribution in [2.24, 2.45) is 0 Å². The second-order valence-corrected chi connectivity index (χ2v) is 6.04. The average Bonchev–Trinajstić information content (AvgIpc) is 2.45. The number of hydrogen-bond donors (Lipinski definition) is 1. The Bertz CT molecular complexity index is 315. The summed E-state index contributed by atoms with van der Waals surface area (Å²) in [6, 6.07) is 2.03. The molecule has 0 saturated carbocycles. The van der Waals surface area contributed by atoms with Crippen LogP contribution in [0.1, 0.15) is 53.0 Å². The van der Waals surface area contributed by atoms with Crippen molar-refractivity contribution in [1.29, 1.82) is 0 Å². The summed E-state index contributed by atoms with van der Waals surface area (Å²) in [5.41, 5.74) is 1.11. The number of aromatic nitrogens is 1. The molecule has 0 bridgehead atoms. The minimum absolute atomic E-state index is 0.0347. The minimum atomic E-state index is 0.0347. The SMILES string of the molecule is CC(C)(C)NCc1cc(C(C)(C)C)on1. The molecule has 0 aromatic carbocycles. The van der Waals surface area contributed by atoms with Gasteiger partial charge in [-0.3, -0.25) is 0 Å². The van der Waals surface area contributed by atoms with Gasteiger partial charge in [-0.25, -0.2) is 0 Å². The van der Waals surface area contributed by atoms with E-state index in [9.17, 15) is 0 Å². The molecule has 0 spiro atoms. The van der Waals surface area contributed by atoms with Crippen LogP contribution in [0.3, 0.4) is 0 Å². The van der Waals surface area contributed by atoms with E-state index in [1.54, 1.807) is 0 Å². The van der Waals surface area contributed by atoms with Gasteiger partial charge in [-0.05, 0) is 20.8 Å². The monoisotopic (exact) mass is 210 g/mol. The Morgan fingerprint density at radius 3 is 2.20 bits per heavy atom. The maximum Gasteiger partial charge on any atom is 0.142 e. The third-order valence-corrected chi connectivity index (χ3v) is 2.10. The molecule has 3 nitrogen and oxygen atoms in total. The summed E-state index contributed by atoms with van der Waals surface area (Å²) in [5, 5.41) is 7.43. The lowest BCUT2D eigenvalue weighted by atomic mass is 9.93. The molecule has 1 N–H and O–H groups in total. The zero-order valence-corrected chi connectivity index (χ0v) is 10.6. The third-order valence-electron chi connectivity index (χ3n) is 2.10. The van der Waals surface area contributed by atoms with Crippen molar-refractivity contribution in [3.63, 3.8) is 0 Å². The zero-order chi connectivity index (χ0) is 11.7. The topological polar surface area (TPSA) is 38.1 Å². The lowest BCUT2D eigenvalue weighted by Gasteiger charge is -2.19. The summed E-state index contributed by atoms with van der Waals surface area (Å²) in [6.07, 6.45) is 0. The van der Waals surface area contributed by atoms with Gasteiger partial charge in [0.05, 0.1) is 5.69 Å². The van der Waals surface area contributed by atoms with Crippen molar-refractivity contribution in [3.8, 4) is 0 Å². The molecular weight excluding hydrogens is 188 g/mol. The molecule has 15 heavy (non-hydrogen) atoms. The van der Waals surface area contributed by atoms with Gasteiger partial charge < -0.3 is 9.84 Å². The zero-order valence-electron chi connectivity index (χ0n) is 10.6. The first-order chi connectivity index (χ1) is 6.68. The van der Waals surface area contributed by atoms with E-state index in [0.717, 1.165) is 18.0 Å². The molecule has 86 valence electrons. The molecule has 1 heterocycles. The number of rotatable bonds is 2. The maximum absolute atomic E-state index is 5.30. The highest BCUT2D eigenvalue weighted by Crippen LogP contribution is 2.22. The van der Waals surface area contributed by atoms with Crippen molar-refractivity contribution in [2.45, 2.75) is 59.0 Å². The Labute approximate surface area is 92.2 Å². The standard InChI is InChI=1S/C12H22N2O/c1-11(2,3)10-7-9(14-15-10)8-13-12(4,5)6/h7,13H,8H2,1-6H3. The molecule has 1 aromatic rings. The summed E-state index contributed by atoms with van der Waals surface area (Å²) in [4.78, 5) is 0. The second-order valence-electron chi connectivity index (χ2n) is 6.04. The van der Waals surface area contributed by atoms with Crippen LogP contribution < -0.4 is 5.32 Å². The Morgan fingerprint density at radius 1 is 1.20 bits per heavy atom. The maximum atomic E-state index is 5.30. The fourth-order valence-corrected chi connectivity index (χ4v) is 1.10. The van der Waals surface area contributed by atoms with E-state index in [-0.39, 0.29) is 11.0 Å². The fraction of sp³-hybridized carbons (Fsp3) is 0.750. The molecule has 1 rings (SSSR count). The molecule has 0 atom stereocenters. The van der Waals surface area contributed by atoms with E-state index < -0.39 is 0 Å². The summed E-state index contributed by atoms with van der Waals surface area (Å²) >= 11 is 0. The van der Waals surface area contributed by atoms with Crippen LogP contribution in [0.5, 0.6) is 0 Å². The molecule has 3 heteroatoms. The predicted molar refractivity (Wildman–Crippen MR) is 61.8 cm³/mol. The van der Waals surface area contributed by atoms with Gasteiger partial charge in [-0.1, -0.05) is 25.9 Å². The van der Waals surface area contributed by atoms with Crippen LogP contribution in [0.4, 0.5) is 0 Å². The van der Waals surface area contributed by atoms with Gasteiger partial charge in [0.1, 0.15) is 5.76 Å². The molecular formula is C12H22N2O. The van der Waals surface area contributed by atoms with Crippen LogP contribution in [-0.4, -0.2) is 10.7 Å². The van der Waals surface area contributed by atoms with Crippen molar-refractivity contribution < 1.29 is 4.52 Å². The average molecular weight is 210 g/mol. The van der Waals surface area contributed by atoms with Gasteiger partial charge in [-0.2, -0.15) is 0 Å². The summed E-state index contributed by atoms with van der Waals surface area (Å²) in [7, 11) is 0. The molecule has 0 saturated heterocycles. The number of hydrogen-bond acceptors (Lipinski definition) is 3. The first-order valence-corrected chi connectivity index (χ1v) is 5.39. The first kappa shape index (κ1) is 12.2.